The number of methoxy groups -OCH3 is 1. The summed E-state index contributed by atoms with van der Waals surface area (Å²) in [6, 6.07) is 0.697. The van der Waals surface area contributed by atoms with E-state index in [4.69, 9.17) is 4.74 Å². The minimum absolute atomic E-state index is 0.341. The van der Waals surface area contributed by atoms with Crippen LogP contribution in [0.4, 0.5) is 0 Å². The maximum atomic E-state index is 5.31. The summed E-state index contributed by atoms with van der Waals surface area (Å²) in [5.74, 6) is 0. The lowest BCUT2D eigenvalue weighted by atomic mass is 10.0. The van der Waals surface area contributed by atoms with Crippen LogP contribution in [0.2, 0.25) is 0 Å². The standard InChI is InChI=1S/C12H26N2O/c1-4-14(9-11(2)15-3)10-12-7-5-6-8-13-12/h11-13H,4-10H2,1-3H3. The molecule has 0 radical (unpaired) electrons. The minimum Gasteiger partial charge on any atom is -0.380 e. The van der Waals surface area contributed by atoms with Crippen LogP contribution in [0.25, 0.3) is 0 Å². The van der Waals surface area contributed by atoms with Crippen molar-refractivity contribution in [2.75, 3.05) is 33.3 Å². The van der Waals surface area contributed by atoms with Crippen molar-refractivity contribution in [2.24, 2.45) is 0 Å². The molecule has 0 amide bonds. The van der Waals surface area contributed by atoms with Gasteiger partial charge in [0.1, 0.15) is 0 Å². The largest absolute Gasteiger partial charge is 0.380 e. The van der Waals surface area contributed by atoms with E-state index in [0.717, 1.165) is 13.1 Å². The van der Waals surface area contributed by atoms with Gasteiger partial charge in [-0.05, 0) is 32.9 Å². The lowest BCUT2D eigenvalue weighted by molar-refractivity contribution is 0.0739. The van der Waals surface area contributed by atoms with Crippen LogP contribution in [0.3, 0.4) is 0 Å². The summed E-state index contributed by atoms with van der Waals surface area (Å²) in [6.45, 7) is 8.89. The van der Waals surface area contributed by atoms with Crippen LogP contribution < -0.4 is 5.32 Å². The van der Waals surface area contributed by atoms with Gasteiger partial charge in [0.15, 0.2) is 0 Å². The van der Waals surface area contributed by atoms with Crippen molar-refractivity contribution in [1.82, 2.24) is 10.2 Å². The Kier molecular flexibility index (Phi) is 6.22. The molecule has 3 heteroatoms. The van der Waals surface area contributed by atoms with Crippen molar-refractivity contribution in [3.63, 3.8) is 0 Å². The van der Waals surface area contributed by atoms with E-state index in [1.807, 2.05) is 0 Å². The molecule has 1 aliphatic heterocycles. The SMILES string of the molecule is CCN(CC1CCCCN1)CC(C)OC. The molecule has 0 aliphatic carbocycles. The molecule has 2 atom stereocenters. The Morgan fingerprint density at radius 3 is 2.80 bits per heavy atom. The highest BCUT2D eigenvalue weighted by Gasteiger charge is 2.16. The maximum Gasteiger partial charge on any atom is 0.0670 e. The second-order valence-electron chi connectivity index (χ2n) is 4.55. The summed E-state index contributed by atoms with van der Waals surface area (Å²) in [4.78, 5) is 2.48. The fourth-order valence-corrected chi connectivity index (χ4v) is 2.16. The number of hydrogen-bond donors (Lipinski definition) is 1. The van der Waals surface area contributed by atoms with Gasteiger partial charge in [0.25, 0.3) is 0 Å². The Bertz CT molecular complexity index is 158. The van der Waals surface area contributed by atoms with E-state index in [1.165, 1.54) is 32.4 Å². The maximum absolute atomic E-state index is 5.31. The number of hydrogen-bond acceptors (Lipinski definition) is 3. The van der Waals surface area contributed by atoms with Gasteiger partial charge >= 0.3 is 0 Å². The van der Waals surface area contributed by atoms with Gasteiger partial charge in [-0.2, -0.15) is 0 Å². The molecule has 0 aromatic heterocycles. The van der Waals surface area contributed by atoms with E-state index < -0.39 is 0 Å². The van der Waals surface area contributed by atoms with Gasteiger partial charge in [0.05, 0.1) is 6.10 Å². The van der Waals surface area contributed by atoms with Crippen LogP contribution in [0.15, 0.2) is 0 Å². The monoisotopic (exact) mass is 214 g/mol. The van der Waals surface area contributed by atoms with Crippen LogP contribution in [0, 0.1) is 0 Å². The van der Waals surface area contributed by atoms with E-state index in [2.05, 4.69) is 24.1 Å². The summed E-state index contributed by atoms with van der Waals surface area (Å²) in [7, 11) is 1.79. The van der Waals surface area contributed by atoms with Gasteiger partial charge in [-0.15, -0.1) is 0 Å². The van der Waals surface area contributed by atoms with E-state index in [1.54, 1.807) is 7.11 Å². The highest BCUT2D eigenvalue weighted by atomic mass is 16.5. The molecule has 3 nitrogen and oxygen atoms in total. The lowest BCUT2D eigenvalue weighted by Crippen LogP contribution is -2.45. The summed E-state index contributed by atoms with van der Waals surface area (Å²) in [5, 5.41) is 3.59. The lowest BCUT2D eigenvalue weighted by Gasteiger charge is -2.31. The molecule has 0 saturated carbocycles. The molecule has 1 fully saturated rings. The number of piperidine rings is 1. The van der Waals surface area contributed by atoms with Crippen molar-refractivity contribution in [3.8, 4) is 0 Å². The number of ether oxygens (including phenoxy) is 1. The summed E-state index contributed by atoms with van der Waals surface area (Å²) < 4.78 is 5.31. The van der Waals surface area contributed by atoms with Crippen molar-refractivity contribution in [2.45, 2.75) is 45.3 Å². The molecule has 0 aromatic rings. The van der Waals surface area contributed by atoms with Crippen LogP contribution in [-0.2, 0) is 4.74 Å². The molecule has 1 aliphatic rings. The van der Waals surface area contributed by atoms with E-state index in [0.29, 0.717) is 12.1 Å². The van der Waals surface area contributed by atoms with Crippen LogP contribution in [0.1, 0.15) is 33.1 Å². The number of nitrogens with one attached hydrogen (secondary N) is 1. The van der Waals surface area contributed by atoms with Crippen molar-refractivity contribution in [3.05, 3.63) is 0 Å². The molecular weight excluding hydrogens is 188 g/mol. The van der Waals surface area contributed by atoms with Gasteiger partial charge in [0, 0.05) is 26.2 Å². The van der Waals surface area contributed by atoms with Crippen molar-refractivity contribution in [1.29, 1.82) is 0 Å². The molecular formula is C12H26N2O. The van der Waals surface area contributed by atoms with E-state index >= 15 is 0 Å². The molecule has 1 N–H and O–H groups in total. The fraction of sp³-hybridized carbons (Fsp3) is 1.00. The number of nitrogens with zero attached hydrogens (tertiary/aromatic N) is 1. The third kappa shape index (κ3) is 4.96. The third-order valence-electron chi connectivity index (χ3n) is 3.26. The smallest absolute Gasteiger partial charge is 0.0670 e. The first-order valence-electron chi connectivity index (χ1n) is 6.24. The van der Waals surface area contributed by atoms with Gasteiger partial charge in [0.2, 0.25) is 0 Å². The zero-order valence-corrected chi connectivity index (χ0v) is 10.5. The molecule has 0 bridgehead atoms. The topological polar surface area (TPSA) is 24.5 Å². The van der Waals surface area contributed by atoms with E-state index in [9.17, 15) is 0 Å². The molecule has 2 unspecified atom stereocenters. The molecule has 0 aromatic carbocycles. The fourth-order valence-electron chi connectivity index (χ4n) is 2.16. The Morgan fingerprint density at radius 1 is 1.47 bits per heavy atom. The quantitative estimate of drug-likeness (QED) is 0.725. The van der Waals surface area contributed by atoms with Gasteiger partial charge in [-0.25, -0.2) is 0 Å². The predicted molar refractivity (Wildman–Crippen MR) is 64.2 cm³/mol. The van der Waals surface area contributed by atoms with Crippen molar-refractivity contribution >= 4 is 0 Å². The normalized spacial score (nSPS) is 24.4. The van der Waals surface area contributed by atoms with Crippen molar-refractivity contribution < 1.29 is 4.74 Å². The highest BCUT2D eigenvalue weighted by Crippen LogP contribution is 2.09. The van der Waals surface area contributed by atoms with E-state index in [-0.39, 0.29) is 0 Å². The summed E-state index contributed by atoms with van der Waals surface area (Å²) in [5.41, 5.74) is 0. The average Bonchev–Trinajstić information content (AvgIpc) is 2.29. The van der Waals surface area contributed by atoms with Crippen LogP contribution in [0.5, 0.6) is 0 Å². The molecule has 0 spiro atoms. The Morgan fingerprint density at radius 2 is 2.27 bits per heavy atom. The van der Waals surface area contributed by atoms with Crippen LogP contribution in [-0.4, -0.2) is 50.3 Å². The highest BCUT2D eigenvalue weighted by molar-refractivity contribution is 4.76. The molecule has 1 heterocycles. The third-order valence-corrected chi connectivity index (χ3v) is 3.26. The van der Waals surface area contributed by atoms with Gasteiger partial charge < -0.3 is 10.1 Å². The minimum atomic E-state index is 0.341. The Balaban J connectivity index is 2.25. The average molecular weight is 214 g/mol. The zero-order chi connectivity index (χ0) is 11.1. The second-order valence-corrected chi connectivity index (χ2v) is 4.55. The molecule has 1 saturated heterocycles. The number of rotatable bonds is 6. The first-order chi connectivity index (χ1) is 7.26. The molecule has 1 rings (SSSR count). The molecule has 90 valence electrons. The van der Waals surface area contributed by atoms with Gasteiger partial charge in [-0.3, -0.25) is 4.90 Å². The van der Waals surface area contributed by atoms with Crippen LogP contribution >= 0.6 is 0 Å². The first-order valence-corrected chi connectivity index (χ1v) is 6.24. The first kappa shape index (κ1) is 12.9. The zero-order valence-electron chi connectivity index (χ0n) is 10.5. The number of likely N-dealkylation sites (N-methyl/N-ethyl adjacent to an activating group) is 1. The Labute approximate surface area is 94.2 Å². The summed E-state index contributed by atoms with van der Waals surface area (Å²) in [6.07, 6.45) is 4.40. The predicted octanol–water partition coefficient (Wildman–Crippen LogP) is 1.49. The summed E-state index contributed by atoms with van der Waals surface area (Å²) >= 11 is 0. The Hall–Kier alpha value is -0.120. The second kappa shape index (κ2) is 7.20. The molecule has 15 heavy (non-hydrogen) atoms. The van der Waals surface area contributed by atoms with Gasteiger partial charge in [-0.1, -0.05) is 13.3 Å².